The summed E-state index contributed by atoms with van der Waals surface area (Å²) < 4.78 is 4.50. The van der Waals surface area contributed by atoms with E-state index in [4.69, 9.17) is 0 Å². The van der Waals surface area contributed by atoms with E-state index in [0.717, 1.165) is 0 Å². The average Bonchev–Trinajstić information content (AvgIpc) is 2.14. The monoisotopic (exact) mass is 231 g/mol. The molecule has 0 heterocycles. The summed E-state index contributed by atoms with van der Waals surface area (Å²) in [6, 6.07) is 0. The van der Waals surface area contributed by atoms with E-state index in [1.54, 1.807) is 13.8 Å². The highest BCUT2D eigenvalue weighted by molar-refractivity contribution is 5.98. The van der Waals surface area contributed by atoms with Crippen molar-refractivity contribution in [3.8, 4) is 0 Å². The number of hydrogen-bond acceptors (Lipinski definition) is 5. The number of carbonyl (C=O) groups excluding carboxylic acids is 2. The Balaban J connectivity index is 5.02. The summed E-state index contributed by atoms with van der Waals surface area (Å²) in [5, 5.41) is 10.5. The Morgan fingerprint density at radius 1 is 1.38 bits per heavy atom. The van der Waals surface area contributed by atoms with Crippen LogP contribution in [-0.4, -0.2) is 30.3 Å². The maximum absolute atomic E-state index is 11.4. The Morgan fingerprint density at radius 3 is 2.12 bits per heavy atom. The fourth-order valence-corrected chi connectivity index (χ4v) is 1.64. The van der Waals surface area contributed by atoms with Gasteiger partial charge in [-0.25, -0.2) is 0 Å². The number of nitro groups is 1. The Kier molecular flexibility index (Phi) is 5.63. The second kappa shape index (κ2) is 6.19. The molecule has 92 valence electrons. The van der Waals surface area contributed by atoms with Gasteiger partial charge < -0.3 is 4.74 Å². The summed E-state index contributed by atoms with van der Waals surface area (Å²) in [6.07, 6.45) is 0. The summed E-state index contributed by atoms with van der Waals surface area (Å²) in [7, 11) is 1.17. The smallest absolute Gasteiger partial charge is 0.316 e. The summed E-state index contributed by atoms with van der Waals surface area (Å²) in [4.78, 5) is 32.7. The lowest BCUT2D eigenvalue weighted by Gasteiger charge is -2.22. The van der Waals surface area contributed by atoms with Gasteiger partial charge in [0.2, 0.25) is 6.54 Å². The average molecular weight is 231 g/mol. The fraction of sp³-hybridized carbons (Fsp3) is 0.800. The van der Waals surface area contributed by atoms with E-state index in [2.05, 4.69) is 4.74 Å². The van der Waals surface area contributed by atoms with Crippen molar-refractivity contribution >= 4 is 11.8 Å². The Hall–Kier alpha value is -1.46. The molecule has 0 radical (unpaired) electrons. The van der Waals surface area contributed by atoms with Gasteiger partial charge in [0.15, 0.2) is 0 Å². The van der Waals surface area contributed by atoms with Crippen molar-refractivity contribution in [3.05, 3.63) is 10.1 Å². The molecule has 0 aliphatic heterocycles. The highest BCUT2D eigenvalue weighted by Crippen LogP contribution is 2.23. The SMILES string of the molecule is COC(=O)C(C(C)=O)[C@H](C[N+](=O)[O-])C(C)C. The van der Waals surface area contributed by atoms with Crippen LogP contribution in [0.25, 0.3) is 0 Å². The molecular weight excluding hydrogens is 214 g/mol. The molecule has 0 saturated carbocycles. The van der Waals surface area contributed by atoms with Gasteiger partial charge in [0.05, 0.1) is 7.11 Å². The van der Waals surface area contributed by atoms with Crippen molar-refractivity contribution in [3.63, 3.8) is 0 Å². The maximum Gasteiger partial charge on any atom is 0.316 e. The van der Waals surface area contributed by atoms with Gasteiger partial charge in [0, 0.05) is 10.8 Å². The first-order valence-electron chi connectivity index (χ1n) is 5.01. The Labute approximate surface area is 94.1 Å². The number of hydrogen-bond donors (Lipinski definition) is 0. The van der Waals surface area contributed by atoms with Crippen molar-refractivity contribution in [2.45, 2.75) is 20.8 Å². The van der Waals surface area contributed by atoms with Crippen LogP contribution in [0.3, 0.4) is 0 Å². The lowest BCUT2D eigenvalue weighted by molar-refractivity contribution is -0.490. The molecule has 0 aromatic carbocycles. The zero-order valence-electron chi connectivity index (χ0n) is 9.93. The number of carbonyl (C=O) groups is 2. The van der Waals surface area contributed by atoms with Crippen LogP contribution in [0, 0.1) is 27.9 Å². The van der Waals surface area contributed by atoms with E-state index in [9.17, 15) is 19.7 Å². The molecule has 0 fully saturated rings. The van der Waals surface area contributed by atoms with Gasteiger partial charge in [-0.3, -0.25) is 19.7 Å². The van der Waals surface area contributed by atoms with Crippen LogP contribution >= 0.6 is 0 Å². The number of nitrogens with zero attached hydrogens (tertiary/aromatic N) is 1. The highest BCUT2D eigenvalue weighted by atomic mass is 16.6. The number of ether oxygens (including phenoxy) is 1. The van der Waals surface area contributed by atoms with Gasteiger partial charge >= 0.3 is 5.97 Å². The molecule has 0 saturated heterocycles. The molecular formula is C10H17NO5. The molecule has 0 aliphatic carbocycles. The van der Waals surface area contributed by atoms with Crippen molar-refractivity contribution in [1.29, 1.82) is 0 Å². The quantitative estimate of drug-likeness (QED) is 0.293. The van der Waals surface area contributed by atoms with E-state index < -0.39 is 35.1 Å². The minimum Gasteiger partial charge on any atom is -0.468 e. The molecule has 6 heteroatoms. The molecule has 2 atom stereocenters. The van der Waals surface area contributed by atoms with Crippen LogP contribution in [0.1, 0.15) is 20.8 Å². The third-order valence-electron chi connectivity index (χ3n) is 2.54. The predicted molar refractivity (Wildman–Crippen MR) is 56.4 cm³/mol. The third-order valence-corrected chi connectivity index (χ3v) is 2.54. The first-order valence-corrected chi connectivity index (χ1v) is 5.01. The third kappa shape index (κ3) is 3.96. The summed E-state index contributed by atoms with van der Waals surface area (Å²) >= 11 is 0. The Bertz CT molecular complexity index is 287. The molecule has 0 bridgehead atoms. The van der Waals surface area contributed by atoms with Gasteiger partial charge in [-0.2, -0.15) is 0 Å². The van der Waals surface area contributed by atoms with Crippen LogP contribution in [0.2, 0.25) is 0 Å². The summed E-state index contributed by atoms with van der Waals surface area (Å²) in [6.45, 7) is 4.33. The van der Waals surface area contributed by atoms with Crippen LogP contribution in [-0.2, 0) is 14.3 Å². The zero-order chi connectivity index (χ0) is 12.9. The van der Waals surface area contributed by atoms with Crippen molar-refractivity contribution < 1.29 is 19.2 Å². The first kappa shape index (κ1) is 14.5. The van der Waals surface area contributed by atoms with E-state index >= 15 is 0 Å². The minimum absolute atomic E-state index is 0.140. The molecule has 1 unspecified atom stereocenters. The number of esters is 1. The van der Waals surface area contributed by atoms with Crippen molar-refractivity contribution in [2.75, 3.05) is 13.7 Å². The second-order valence-electron chi connectivity index (χ2n) is 4.03. The lowest BCUT2D eigenvalue weighted by atomic mass is 9.81. The number of Topliss-reactive ketones (excluding diaryl/α,β-unsaturated/α-hetero) is 1. The highest BCUT2D eigenvalue weighted by Gasteiger charge is 2.38. The topological polar surface area (TPSA) is 86.5 Å². The largest absolute Gasteiger partial charge is 0.468 e. The molecule has 16 heavy (non-hydrogen) atoms. The molecule has 0 amide bonds. The van der Waals surface area contributed by atoms with E-state index in [1.807, 2.05) is 0 Å². The van der Waals surface area contributed by atoms with Gasteiger partial charge in [0.1, 0.15) is 11.7 Å². The van der Waals surface area contributed by atoms with Gasteiger partial charge in [-0.05, 0) is 12.8 Å². The zero-order valence-corrected chi connectivity index (χ0v) is 9.93. The normalized spacial score (nSPS) is 14.3. The number of ketones is 1. The molecule has 0 aromatic heterocycles. The molecule has 6 nitrogen and oxygen atoms in total. The standard InChI is InChI=1S/C10H17NO5/c1-6(2)8(5-11(14)15)9(7(3)12)10(13)16-4/h6,8-9H,5H2,1-4H3/t8-,9?/m1/s1. The van der Waals surface area contributed by atoms with Crippen LogP contribution in [0.5, 0.6) is 0 Å². The molecule has 0 spiro atoms. The second-order valence-corrected chi connectivity index (χ2v) is 4.03. The van der Waals surface area contributed by atoms with E-state index in [1.165, 1.54) is 14.0 Å². The van der Waals surface area contributed by atoms with Crippen LogP contribution in [0.4, 0.5) is 0 Å². The number of rotatable bonds is 6. The van der Waals surface area contributed by atoms with E-state index in [-0.39, 0.29) is 5.92 Å². The minimum atomic E-state index is -1.05. The molecule has 0 aromatic rings. The van der Waals surface area contributed by atoms with Crippen LogP contribution in [0.15, 0.2) is 0 Å². The van der Waals surface area contributed by atoms with Crippen LogP contribution < -0.4 is 0 Å². The van der Waals surface area contributed by atoms with E-state index in [0.29, 0.717) is 0 Å². The summed E-state index contributed by atoms with van der Waals surface area (Å²) in [5.41, 5.74) is 0. The summed E-state index contributed by atoms with van der Waals surface area (Å²) in [5.74, 6) is -2.91. The molecule has 0 N–H and O–H groups in total. The Morgan fingerprint density at radius 2 is 1.88 bits per heavy atom. The van der Waals surface area contributed by atoms with Gasteiger partial charge in [0.25, 0.3) is 0 Å². The molecule has 0 aliphatic rings. The van der Waals surface area contributed by atoms with Crippen molar-refractivity contribution in [2.24, 2.45) is 17.8 Å². The predicted octanol–water partition coefficient (Wildman–Crippen LogP) is 0.913. The lowest BCUT2D eigenvalue weighted by Crippen LogP contribution is -2.37. The van der Waals surface area contributed by atoms with Crippen molar-refractivity contribution in [1.82, 2.24) is 0 Å². The number of methoxy groups -OCH3 is 1. The first-order chi connectivity index (χ1) is 7.31. The van der Waals surface area contributed by atoms with Gasteiger partial charge in [-0.15, -0.1) is 0 Å². The maximum atomic E-state index is 11.4. The van der Waals surface area contributed by atoms with Gasteiger partial charge in [-0.1, -0.05) is 13.8 Å². The fourth-order valence-electron chi connectivity index (χ4n) is 1.64. The molecule has 0 rings (SSSR count).